The van der Waals surface area contributed by atoms with Crippen LogP contribution >= 0.6 is 0 Å². The molecule has 2 amide bonds. The molecule has 1 N–H and O–H groups in total. The standard InChI is InChI=1S/C20H22N2O2/c1-12-8-9-16(10-15(12)4)22-18(23)11-17(20(22)24)21-19-13(2)6-5-7-14(19)3/h5-10,17,21H,11H2,1-4H3. The van der Waals surface area contributed by atoms with E-state index in [-0.39, 0.29) is 18.2 Å². The van der Waals surface area contributed by atoms with Crippen LogP contribution < -0.4 is 10.2 Å². The van der Waals surface area contributed by atoms with Gasteiger partial charge in [0.25, 0.3) is 5.91 Å². The van der Waals surface area contributed by atoms with E-state index in [1.54, 1.807) is 0 Å². The molecule has 1 atom stereocenters. The lowest BCUT2D eigenvalue weighted by Gasteiger charge is -2.19. The molecule has 0 aliphatic carbocycles. The van der Waals surface area contributed by atoms with Crippen molar-refractivity contribution in [1.29, 1.82) is 0 Å². The Hall–Kier alpha value is -2.62. The van der Waals surface area contributed by atoms with E-state index in [4.69, 9.17) is 0 Å². The first kappa shape index (κ1) is 16.2. The van der Waals surface area contributed by atoms with Crippen molar-refractivity contribution >= 4 is 23.2 Å². The van der Waals surface area contributed by atoms with Crippen LogP contribution in [0, 0.1) is 27.7 Å². The molecule has 1 saturated heterocycles. The van der Waals surface area contributed by atoms with Gasteiger partial charge in [0.2, 0.25) is 5.91 Å². The van der Waals surface area contributed by atoms with Crippen LogP contribution in [0.3, 0.4) is 0 Å². The Balaban J connectivity index is 1.88. The van der Waals surface area contributed by atoms with Gasteiger partial charge in [-0.2, -0.15) is 0 Å². The maximum atomic E-state index is 12.8. The smallest absolute Gasteiger partial charge is 0.256 e. The fourth-order valence-electron chi connectivity index (χ4n) is 3.10. The monoisotopic (exact) mass is 322 g/mol. The number of nitrogens with one attached hydrogen (secondary N) is 1. The van der Waals surface area contributed by atoms with E-state index in [1.165, 1.54) is 4.90 Å². The molecule has 1 aliphatic heterocycles. The maximum Gasteiger partial charge on any atom is 0.256 e. The van der Waals surface area contributed by atoms with E-state index in [9.17, 15) is 9.59 Å². The molecule has 1 heterocycles. The van der Waals surface area contributed by atoms with Gasteiger partial charge in [-0.3, -0.25) is 9.59 Å². The van der Waals surface area contributed by atoms with Crippen LogP contribution in [0.25, 0.3) is 0 Å². The topological polar surface area (TPSA) is 49.4 Å². The number of hydrogen-bond donors (Lipinski definition) is 1. The Morgan fingerprint density at radius 1 is 0.917 bits per heavy atom. The number of anilines is 2. The zero-order valence-corrected chi connectivity index (χ0v) is 14.5. The van der Waals surface area contributed by atoms with Crippen molar-refractivity contribution in [3.05, 3.63) is 58.7 Å². The number of carbonyl (C=O) groups excluding carboxylic acids is 2. The number of benzene rings is 2. The minimum Gasteiger partial charge on any atom is -0.373 e. The highest BCUT2D eigenvalue weighted by atomic mass is 16.2. The Labute approximate surface area is 142 Å². The lowest BCUT2D eigenvalue weighted by molar-refractivity contribution is -0.121. The summed E-state index contributed by atoms with van der Waals surface area (Å²) in [6, 6.07) is 11.1. The molecule has 1 fully saturated rings. The first-order valence-electron chi connectivity index (χ1n) is 8.15. The summed E-state index contributed by atoms with van der Waals surface area (Å²) in [5, 5.41) is 3.27. The largest absolute Gasteiger partial charge is 0.373 e. The third-order valence-corrected chi connectivity index (χ3v) is 4.70. The summed E-state index contributed by atoms with van der Waals surface area (Å²) >= 11 is 0. The van der Waals surface area contributed by atoms with Crippen LogP contribution in [0.2, 0.25) is 0 Å². The number of carbonyl (C=O) groups is 2. The molecule has 24 heavy (non-hydrogen) atoms. The van der Waals surface area contributed by atoms with Crippen molar-refractivity contribution in [3.8, 4) is 0 Å². The van der Waals surface area contributed by atoms with E-state index >= 15 is 0 Å². The molecule has 3 rings (SSSR count). The summed E-state index contributed by atoms with van der Waals surface area (Å²) in [7, 11) is 0. The zero-order valence-electron chi connectivity index (χ0n) is 14.5. The molecule has 0 spiro atoms. The second-order valence-corrected chi connectivity index (χ2v) is 6.50. The minimum absolute atomic E-state index is 0.160. The molecule has 2 aromatic carbocycles. The van der Waals surface area contributed by atoms with Crippen LogP contribution in [0.5, 0.6) is 0 Å². The normalized spacial score (nSPS) is 17.5. The Bertz CT molecular complexity index is 806. The summed E-state index contributed by atoms with van der Waals surface area (Å²) in [5.74, 6) is -0.349. The van der Waals surface area contributed by atoms with E-state index in [0.717, 1.165) is 27.9 Å². The molecule has 0 radical (unpaired) electrons. The minimum atomic E-state index is -0.515. The molecule has 4 heteroatoms. The van der Waals surface area contributed by atoms with E-state index in [0.29, 0.717) is 5.69 Å². The number of amides is 2. The molecule has 0 bridgehead atoms. The summed E-state index contributed by atoms with van der Waals surface area (Å²) in [6.45, 7) is 7.99. The first-order valence-corrected chi connectivity index (χ1v) is 8.15. The SMILES string of the molecule is Cc1ccc(N2C(=O)CC(Nc3c(C)cccc3C)C2=O)cc1C. The molecule has 0 aromatic heterocycles. The fraction of sp³-hybridized carbons (Fsp3) is 0.300. The summed E-state index contributed by atoms with van der Waals surface area (Å²) in [5.41, 5.74) is 5.94. The van der Waals surface area contributed by atoms with Gasteiger partial charge in [-0.1, -0.05) is 24.3 Å². The van der Waals surface area contributed by atoms with Crippen LogP contribution in [0.4, 0.5) is 11.4 Å². The van der Waals surface area contributed by atoms with E-state index in [1.807, 2.05) is 64.1 Å². The van der Waals surface area contributed by atoms with E-state index in [2.05, 4.69) is 5.32 Å². The molecule has 0 saturated carbocycles. The van der Waals surface area contributed by atoms with Crippen molar-refractivity contribution < 1.29 is 9.59 Å². The van der Waals surface area contributed by atoms with Crippen LogP contribution in [-0.2, 0) is 9.59 Å². The summed E-state index contributed by atoms with van der Waals surface area (Å²) in [6.07, 6.45) is 0.180. The maximum absolute atomic E-state index is 12.8. The molecular formula is C20H22N2O2. The quantitative estimate of drug-likeness (QED) is 0.877. The lowest BCUT2D eigenvalue weighted by atomic mass is 10.1. The summed E-state index contributed by atoms with van der Waals surface area (Å²) in [4.78, 5) is 26.5. The molecule has 1 aliphatic rings. The highest BCUT2D eigenvalue weighted by Gasteiger charge is 2.39. The molecule has 124 valence electrons. The van der Waals surface area contributed by atoms with Crippen molar-refractivity contribution in [2.75, 3.05) is 10.2 Å². The number of imide groups is 1. The number of nitrogens with zero attached hydrogens (tertiary/aromatic N) is 1. The van der Waals surface area contributed by atoms with Gasteiger partial charge in [0.05, 0.1) is 12.1 Å². The highest BCUT2D eigenvalue weighted by molar-refractivity contribution is 6.23. The van der Waals surface area contributed by atoms with Crippen LogP contribution in [0.1, 0.15) is 28.7 Å². The number of hydrogen-bond acceptors (Lipinski definition) is 3. The number of para-hydroxylation sites is 1. The number of rotatable bonds is 3. The summed E-state index contributed by atoms with van der Waals surface area (Å²) < 4.78 is 0. The van der Waals surface area contributed by atoms with Crippen molar-refractivity contribution in [3.63, 3.8) is 0 Å². The van der Waals surface area contributed by atoms with Gasteiger partial charge in [0, 0.05) is 5.69 Å². The van der Waals surface area contributed by atoms with Crippen LogP contribution in [-0.4, -0.2) is 17.9 Å². The Morgan fingerprint density at radius 2 is 1.58 bits per heavy atom. The highest BCUT2D eigenvalue weighted by Crippen LogP contribution is 2.28. The molecule has 2 aromatic rings. The van der Waals surface area contributed by atoms with Gasteiger partial charge in [0.1, 0.15) is 6.04 Å². The second-order valence-electron chi connectivity index (χ2n) is 6.50. The lowest BCUT2D eigenvalue weighted by Crippen LogP contribution is -2.35. The van der Waals surface area contributed by atoms with Crippen molar-refractivity contribution in [2.24, 2.45) is 0 Å². The van der Waals surface area contributed by atoms with Gasteiger partial charge in [-0.25, -0.2) is 4.90 Å². The third kappa shape index (κ3) is 2.80. The van der Waals surface area contributed by atoms with Gasteiger partial charge in [-0.05, 0) is 62.1 Å². The van der Waals surface area contributed by atoms with Gasteiger partial charge >= 0.3 is 0 Å². The van der Waals surface area contributed by atoms with Crippen molar-refractivity contribution in [1.82, 2.24) is 0 Å². The zero-order chi connectivity index (χ0) is 17.4. The molecule has 4 nitrogen and oxygen atoms in total. The average Bonchev–Trinajstić information content (AvgIpc) is 2.80. The molecule has 1 unspecified atom stereocenters. The van der Waals surface area contributed by atoms with Gasteiger partial charge < -0.3 is 5.32 Å². The predicted molar refractivity (Wildman–Crippen MR) is 96.4 cm³/mol. The van der Waals surface area contributed by atoms with E-state index < -0.39 is 6.04 Å². The average molecular weight is 322 g/mol. The number of aryl methyl sites for hydroxylation is 4. The van der Waals surface area contributed by atoms with Gasteiger partial charge in [0.15, 0.2) is 0 Å². The van der Waals surface area contributed by atoms with Crippen molar-refractivity contribution in [2.45, 2.75) is 40.2 Å². The Morgan fingerprint density at radius 3 is 2.21 bits per heavy atom. The fourth-order valence-corrected chi connectivity index (χ4v) is 3.10. The van der Waals surface area contributed by atoms with Crippen LogP contribution in [0.15, 0.2) is 36.4 Å². The second kappa shape index (κ2) is 6.11. The molecular weight excluding hydrogens is 300 g/mol. The van der Waals surface area contributed by atoms with Gasteiger partial charge in [-0.15, -0.1) is 0 Å². The first-order chi connectivity index (χ1) is 11.4. The Kier molecular flexibility index (Phi) is 4.14. The third-order valence-electron chi connectivity index (χ3n) is 4.70. The predicted octanol–water partition coefficient (Wildman–Crippen LogP) is 3.66.